The molecule has 1 aromatic carbocycles. The molecule has 0 aromatic heterocycles. The number of nitrogens with zero attached hydrogens (tertiary/aromatic N) is 1. The summed E-state index contributed by atoms with van der Waals surface area (Å²) in [6.45, 7) is 7.97. The molecule has 6 heteroatoms. The van der Waals surface area contributed by atoms with Crippen LogP contribution >= 0.6 is 0 Å². The third-order valence-electron chi connectivity index (χ3n) is 3.95. The Labute approximate surface area is 130 Å². The van der Waals surface area contributed by atoms with Gasteiger partial charge in [-0.05, 0) is 19.1 Å². The molecule has 0 bridgehead atoms. The molecule has 2 rings (SSSR count). The Kier molecular flexibility index (Phi) is 5.63. The van der Waals surface area contributed by atoms with Gasteiger partial charge in [0.15, 0.2) is 0 Å². The van der Waals surface area contributed by atoms with E-state index >= 15 is 0 Å². The second-order valence-corrected chi connectivity index (χ2v) is 5.70. The molecule has 0 aliphatic carbocycles. The van der Waals surface area contributed by atoms with Crippen molar-refractivity contribution < 1.29 is 24.5 Å². The lowest BCUT2D eigenvalue weighted by atomic mass is 10.1. The molecule has 6 nitrogen and oxygen atoms in total. The zero-order chi connectivity index (χ0) is 16.1. The van der Waals surface area contributed by atoms with Crippen LogP contribution in [0.1, 0.15) is 24.2 Å². The van der Waals surface area contributed by atoms with E-state index in [0.717, 1.165) is 38.9 Å². The fraction of sp³-hybridized carbons (Fsp3) is 0.562. The SMILES string of the molecule is C[C@@H](CN1CCOCC1)[C@@H](C)OC(=O)c1ccc(O)cc1O. The first-order chi connectivity index (χ1) is 10.5. The number of hydrogen-bond acceptors (Lipinski definition) is 6. The van der Waals surface area contributed by atoms with Crippen LogP contribution in [0.5, 0.6) is 11.5 Å². The molecule has 0 spiro atoms. The van der Waals surface area contributed by atoms with E-state index in [1.807, 2.05) is 13.8 Å². The first-order valence-corrected chi connectivity index (χ1v) is 7.50. The van der Waals surface area contributed by atoms with Gasteiger partial charge >= 0.3 is 5.97 Å². The molecule has 2 N–H and O–H groups in total. The number of benzene rings is 1. The monoisotopic (exact) mass is 309 g/mol. The fourth-order valence-corrected chi connectivity index (χ4v) is 2.38. The summed E-state index contributed by atoms with van der Waals surface area (Å²) in [5, 5.41) is 18.9. The summed E-state index contributed by atoms with van der Waals surface area (Å²) in [4.78, 5) is 14.4. The van der Waals surface area contributed by atoms with Gasteiger partial charge in [-0.2, -0.15) is 0 Å². The molecule has 2 atom stereocenters. The van der Waals surface area contributed by atoms with E-state index in [0.29, 0.717) is 0 Å². The van der Waals surface area contributed by atoms with Gasteiger partial charge in [0.2, 0.25) is 0 Å². The molecular formula is C16H23NO5. The van der Waals surface area contributed by atoms with Crippen LogP contribution in [0.15, 0.2) is 18.2 Å². The molecule has 1 saturated heterocycles. The molecule has 1 aliphatic heterocycles. The van der Waals surface area contributed by atoms with E-state index in [1.165, 1.54) is 12.1 Å². The summed E-state index contributed by atoms with van der Waals surface area (Å²) in [5.74, 6) is -0.791. The van der Waals surface area contributed by atoms with Gasteiger partial charge in [0.25, 0.3) is 0 Å². The summed E-state index contributed by atoms with van der Waals surface area (Å²) in [6.07, 6.45) is -0.274. The van der Waals surface area contributed by atoms with E-state index in [1.54, 1.807) is 0 Å². The molecule has 0 saturated carbocycles. The standard InChI is InChI=1S/C16H23NO5/c1-11(10-17-5-7-21-8-6-17)12(2)22-16(20)14-4-3-13(18)9-15(14)19/h3-4,9,11-12,18-19H,5-8,10H2,1-2H3/t11-,12+/m0/s1. The molecule has 1 aliphatic rings. The van der Waals surface area contributed by atoms with Gasteiger partial charge in [0.05, 0.1) is 13.2 Å². The summed E-state index contributed by atoms with van der Waals surface area (Å²) in [6, 6.07) is 3.82. The number of aromatic hydroxyl groups is 2. The van der Waals surface area contributed by atoms with Gasteiger partial charge in [-0.3, -0.25) is 4.90 Å². The van der Waals surface area contributed by atoms with Crippen molar-refractivity contribution in [2.45, 2.75) is 20.0 Å². The van der Waals surface area contributed by atoms with Gasteiger partial charge in [0.1, 0.15) is 23.2 Å². The number of phenolic OH excluding ortho intramolecular Hbond substituents is 2. The second-order valence-electron chi connectivity index (χ2n) is 5.70. The summed E-state index contributed by atoms with van der Waals surface area (Å²) in [7, 11) is 0. The Balaban J connectivity index is 1.89. The lowest BCUT2D eigenvalue weighted by molar-refractivity contribution is 0.000288. The van der Waals surface area contributed by atoms with Gasteiger partial charge in [-0.1, -0.05) is 6.92 Å². The van der Waals surface area contributed by atoms with Crippen molar-refractivity contribution in [1.82, 2.24) is 4.90 Å². The highest BCUT2D eigenvalue weighted by molar-refractivity contribution is 5.92. The normalized spacial score (nSPS) is 18.6. The third kappa shape index (κ3) is 4.35. The predicted octanol–water partition coefficient (Wildman–Crippen LogP) is 1.61. The number of ether oxygens (including phenoxy) is 2. The molecular weight excluding hydrogens is 286 g/mol. The lowest BCUT2D eigenvalue weighted by Crippen LogP contribution is -2.41. The van der Waals surface area contributed by atoms with Crippen LogP contribution in [0.3, 0.4) is 0 Å². The van der Waals surface area contributed by atoms with Crippen LogP contribution in [0.25, 0.3) is 0 Å². The van der Waals surface area contributed by atoms with E-state index < -0.39 is 5.97 Å². The maximum Gasteiger partial charge on any atom is 0.342 e. The molecule has 122 valence electrons. The topological polar surface area (TPSA) is 79.2 Å². The quantitative estimate of drug-likeness (QED) is 0.805. The smallest absolute Gasteiger partial charge is 0.342 e. The van der Waals surface area contributed by atoms with E-state index in [-0.39, 0.29) is 29.1 Å². The Bertz CT molecular complexity index is 513. The number of carbonyl (C=O) groups excluding carboxylic acids is 1. The minimum atomic E-state index is -0.584. The van der Waals surface area contributed by atoms with Crippen LogP contribution in [0.4, 0.5) is 0 Å². The Morgan fingerprint density at radius 3 is 2.64 bits per heavy atom. The van der Waals surface area contributed by atoms with Crippen LogP contribution in [-0.4, -0.2) is 60.0 Å². The third-order valence-corrected chi connectivity index (χ3v) is 3.95. The van der Waals surface area contributed by atoms with Crippen molar-refractivity contribution in [2.24, 2.45) is 5.92 Å². The number of morpholine rings is 1. The van der Waals surface area contributed by atoms with Crippen molar-refractivity contribution in [3.63, 3.8) is 0 Å². The summed E-state index contributed by atoms with van der Waals surface area (Å²) in [5.41, 5.74) is 0.0585. The van der Waals surface area contributed by atoms with Crippen molar-refractivity contribution in [1.29, 1.82) is 0 Å². The predicted molar refractivity (Wildman–Crippen MR) is 81.1 cm³/mol. The first kappa shape index (κ1) is 16.6. The lowest BCUT2D eigenvalue weighted by Gasteiger charge is -2.31. The number of hydrogen-bond donors (Lipinski definition) is 2. The van der Waals surface area contributed by atoms with Crippen LogP contribution in [-0.2, 0) is 9.47 Å². The minimum absolute atomic E-state index is 0.0585. The minimum Gasteiger partial charge on any atom is -0.508 e. The highest BCUT2D eigenvalue weighted by Crippen LogP contribution is 2.24. The average Bonchev–Trinajstić information content (AvgIpc) is 2.47. The number of carbonyl (C=O) groups is 1. The van der Waals surface area contributed by atoms with E-state index in [2.05, 4.69) is 4.90 Å². The number of phenols is 2. The Morgan fingerprint density at radius 2 is 2.00 bits per heavy atom. The first-order valence-electron chi connectivity index (χ1n) is 7.50. The van der Waals surface area contributed by atoms with Gasteiger partial charge in [0, 0.05) is 31.6 Å². The van der Waals surface area contributed by atoms with Crippen LogP contribution in [0.2, 0.25) is 0 Å². The summed E-state index contributed by atoms with van der Waals surface area (Å²) < 4.78 is 10.7. The Morgan fingerprint density at radius 1 is 1.32 bits per heavy atom. The second kappa shape index (κ2) is 7.47. The van der Waals surface area contributed by atoms with Crippen LogP contribution < -0.4 is 0 Å². The largest absolute Gasteiger partial charge is 0.508 e. The van der Waals surface area contributed by atoms with Crippen molar-refractivity contribution in [3.05, 3.63) is 23.8 Å². The molecule has 1 heterocycles. The Hall–Kier alpha value is -1.79. The van der Waals surface area contributed by atoms with E-state index in [9.17, 15) is 15.0 Å². The zero-order valence-corrected chi connectivity index (χ0v) is 13.0. The van der Waals surface area contributed by atoms with Gasteiger partial charge < -0.3 is 19.7 Å². The van der Waals surface area contributed by atoms with Crippen LogP contribution in [0, 0.1) is 5.92 Å². The molecule has 1 fully saturated rings. The highest BCUT2D eigenvalue weighted by Gasteiger charge is 2.23. The molecule has 0 unspecified atom stereocenters. The van der Waals surface area contributed by atoms with Gasteiger partial charge in [-0.15, -0.1) is 0 Å². The maximum atomic E-state index is 12.1. The van der Waals surface area contributed by atoms with E-state index in [4.69, 9.17) is 9.47 Å². The molecule has 22 heavy (non-hydrogen) atoms. The maximum absolute atomic E-state index is 12.1. The fourth-order valence-electron chi connectivity index (χ4n) is 2.38. The zero-order valence-electron chi connectivity index (χ0n) is 13.0. The van der Waals surface area contributed by atoms with Gasteiger partial charge in [-0.25, -0.2) is 4.79 Å². The van der Waals surface area contributed by atoms with Crippen molar-refractivity contribution in [2.75, 3.05) is 32.8 Å². The molecule has 0 radical (unpaired) electrons. The molecule has 1 aromatic rings. The number of rotatable bonds is 5. The number of esters is 1. The molecule has 0 amide bonds. The highest BCUT2D eigenvalue weighted by atomic mass is 16.5. The summed E-state index contributed by atoms with van der Waals surface area (Å²) >= 11 is 0. The van der Waals surface area contributed by atoms with Crippen molar-refractivity contribution in [3.8, 4) is 11.5 Å². The van der Waals surface area contributed by atoms with Crippen molar-refractivity contribution >= 4 is 5.97 Å². The average molecular weight is 309 g/mol.